The predicted molar refractivity (Wildman–Crippen MR) is 87.1 cm³/mol. The molecule has 3 heterocycles. The second-order valence-electron chi connectivity index (χ2n) is 5.29. The number of anilines is 1. The number of carbonyl (C=O) groups excluding carboxylic acids is 1. The lowest BCUT2D eigenvalue weighted by molar-refractivity contribution is -0.159. The Morgan fingerprint density at radius 1 is 1.25 bits per heavy atom. The number of halogens is 3. The van der Waals surface area contributed by atoms with E-state index in [0.29, 0.717) is 11.3 Å². The number of pyridine rings is 2. The summed E-state index contributed by atoms with van der Waals surface area (Å²) in [5.74, 6) is -1.27. The van der Waals surface area contributed by atoms with Crippen molar-refractivity contribution in [3.8, 4) is 17.3 Å². The standard InChI is InChI=1S/C16H12F3N5O4/c1-26-11-4-9(5-20-7-11)8-27-15(25)22-10-2-3-12(21-6-10)13-23-14(28-24-13)16(17,18)19/h2-7H,8H2,1H3,(H,22,25). The summed E-state index contributed by atoms with van der Waals surface area (Å²) in [5, 5.41) is 5.65. The minimum Gasteiger partial charge on any atom is -0.495 e. The molecule has 9 nitrogen and oxygen atoms in total. The Hall–Kier alpha value is -3.70. The number of alkyl halides is 3. The lowest BCUT2D eigenvalue weighted by Crippen LogP contribution is -2.13. The molecule has 1 N–H and O–H groups in total. The molecule has 3 aromatic rings. The quantitative estimate of drug-likeness (QED) is 0.700. The number of methoxy groups -OCH3 is 1. The number of rotatable bonds is 5. The second kappa shape index (κ2) is 7.90. The minimum absolute atomic E-state index is 0.0371. The van der Waals surface area contributed by atoms with Gasteiger partial charge in [-0.3, -0.25) is 15.3 Å². The Labute approximate surface area is 155 Å². The van der Waals surface area contributed by atoms with Gasteiger partial charge in [-0.15, -0.1) is 0 Å². The van der Waals surface area contributed by atoms with Crippen LogP contribution in [-0.4, -0.2) is 33.3 Å². The Morgan fingerprint density at radius 2 is 2.07 bits per heavy atom. The van der Waals surface area contributed by atoms with E-state index in [2.05, 4.69) is 29.9 Å². The van der Waals surface area contributed by atoms with Gasteiger partial charge in [-0.25, -0.2) is 4.79 Å². The van der Waals surface area contributed by atoms with Gasteiger partial charge < -0.3 is 14.0 Å². The van der Waals surface area contributed by atoms with Gasteiger partial charge in [-0.2, -0.15) is 18.2 Å². The van der Waals surface area contributed by atoms with Crippen LogP contribution in [0.4, 0.5) is 23.7 Å². The van der Waals surface area contributed by atoms with Crippen LogP contribution in [0.3, 0.4) is 0 Å². The number of carbonyl (C=O) groups is 1. The van der Waals surface area contributed by atoms with Crippen LogP contribution in [0.5, 0.6) is 5.75 Å². The van der Waals surface area contributed by atoms with Crippen LogP contribution >= 0.6 is 0 Å². The first-order valence-electron chi connectivity index (χ1n) is 7.64. The van der Waals surface area contributed by atoms with Crippen LogP contribution in [0, 0.1) is 0 Å². The van der Waals surface area contributed by atoms with Gasteiger partial charge in [0.15, 0.2) is 0 Å². The van der Waals surface area contributed by atoms with Crippen LogP contribution in [0.25, 0.3) is 11.5 Å². The zero-order valence-corrected chi connectivity index (χ0v) is 14.2. The van der Waals surface area contributed by atoms with Crippen molar-refractivity contribution < 1.29 is 32.0 Å². The van der Waals surface area contributed by atoms with Gasteiger partial charge in [0.25, 0.3) is 0 Å². The summed E-state index contributed by atoms with van der Waals surface area (Å²) in [6, 6.07) is 4.39. The molecule has 0 aromatic carbocycles. The topological polar surface area (TPSA) is 112 Å². The Balaban J connectivity index is 1.57. The van der Waals surface area contributed by atoms with E-state index in [-0.39, 0.29) is 23.8 Å². The highest BCUT2D eigenvalue weighted by Gasteiger charge is 2.38. The van der Waals surface area contributed by atoms with E-state index in [9.17, 15) is 18.0 Å². The third-order valence-corrected chi connectivity index (χ3v) is 3.28. The molecule has 0 unspecified atom stereocenters. The Kier molecular flexibility index (Phi) is 5.38. The summed E-state index contributed by atoms with van der Waals surface area (Å²) in [4.78, 5) is 22.9. The van der Waals surface area contributed by atoms with Gasteiger partial charge in [0.05, 0.1) is 25.2 Å². The van der Waals surface area contributed by atoms with Crippen molar-refractivity contribution in [2.24, 2.45) is 0 Å². The summed E-state index contributed by atoms with van der Waals surface area (Å²) in [6.07, 6.45) is -1.25. The second-order valence-corrected chi connectivity index (χ2v) is 5.29. The fraction of sp³-hybridized carbons (Fsp3) is 0.188. The Morgan fingerprint density at radius 3 is 2.71 bits per heavy atom. The molecule has 0 bridgehead atoms. The van der Waals surface area contributed by atoms with E-state index in [4.69, 9.17) is 9.47 Å². The number of amides is 1. The van der Waals surface area contributed by atoms with Crippen LogP contribution in [0.1, 0.15) is 11.5 Å². The molecule has 0 fully saturated rings. The maximum Gasteiger partial charge on any atom is 0.471 e. The maximum absolute atomic E-state index is 12.5. The smallest absolute Gasteiger partial charge is 0.471 e. The first-order valence-corrected chi connectivity index (χ1v) is 7.64. The van der Waals surface area contributed by atoms with Gasteiger partial charge in [0, 0.05) is 11.8 Å². The highest BCUT2D eigenvalue weighted by Crippen LogP contribution is 2.29. The number of hydrogen-bond donors (Lipinski definition) is 1. The summed E-state index contributed by atoms with van der Waals surface area (Å²) in [7, 11) is 1.49. The molecule has 0 atom stereocenters. The molecular formula is C16H12F3N5O4. The molecule has 28 heavy (non-hydrogen) atoms. The molecule has 146 valence electrons. The molecule has 3 aromatic heterocycles. The maximum atomic E-state index is 12.5. The molecule has 3 rings (SSSR count). The fourth-order valence-corrected chi connectivity index (χ4v) is 2.00. The average Bonchev–Trinajstić information content (AvgIpc) is 3.18. The number of nitrogens with zero attached hydrogens (tertiary/aromatic N) is 4. The zero-order valence-electron chi connectivity index (χ0n) is 14.2. The molecule has 0 aliphatic carbocycles. The molecule has 0 saturated carbocycles. The molecular weight excluding hydrogens is 383 g/mol. The van der Waals surface area contributed by atoms with Crippen molar-refractivity contribution in [2.45, 2.75) is 12.8 Å². The Bertz CT molecular complexity index is 959. The monoisotopic (exact) mass is 395 g/mol. The van der Waals surface area contributed by atoms with E-state index >= 15 is 0 Å². The van der Waals surface area contributed by atoms with Crippen molar-refractivity contribution in [2.75, 3.05) is 12.4 Å². The number of aromatic nitrogens is 4. The number of nitrogens with one attached hydrogen (secondary N) is 1. The fourth-order valence-electron chi connectivity index (χ4n) is 2.00. The van der Waals surface area contributed by atoms with Crippen molar-refractivity contribution in [1.29, 1.82) is 0 Å². The molecule has 0 aliphatic heterocycles. The van der Waals surface area contributed by atoms with Crippen LogP contribution in [0.2, 0.25) is 0 Å². The van der Waals surface area contributed by atoms with Gasteiger partial charge in [-0.1, -0.05) is 5.16 Å². The van der Waals surface area contributed by atoms with E-state index in [0.717, 1.165) is 0 Å². The highest BCUT2D eigenvalue weighted by molar-refractivity contribution is 5.84. The molecule has 1 amide bonds. The largest absolute Gasteiger partial charge is 0.495 e. The van der Waals surface area contributed by atoms with E-state index < -0.39 is 18.2 Å². The third-order valence-electron chi connectivity index (χ3n) is 3.28. The summed E-state index contributed by atoms with van der Waals surface area (Å²) >= 11 is 0. The van der Waals surface area contributed by atoms with E-state index in [1.54, 1.807) is 6.07 Å². The van der Waals surface area contributed by atoms with Gasteiger partial charge in [-0.05, 0) is 18.2 Å². The van der Waals surface area contributed by atoms with E-state index in [1.165, 1.54) is 37.8 Å². The van der Waals surface area contributed by atoms with Crippen molar-refractivity contribution in [3.63, 3.8) is 0 Å². The molecule has 12 heteroatoms. The first-order chi connectivity index (χ1) is 13.3. The normalized spacial score (nSPS) is 11.1. The molecule has 0 radical (unpaired) electrons. The third kappa shape index (κ3) is 4.72. The number of ether oxygens (including phenoxy) is 2. The predicted octanol–water partition coefficient (Wildman–Crippen LogP) is 3.30. The first kappa shape index (κ1) is 19.1. The van der Waals surface area contributed by atoms with Gasteiger partial charge in [0.2, 0.25) is 5.82 Å². The minimum atomic E-state index is -4.74. The van der Waals surface area contributed by atoms with Gasteiger partial charge in [0.1, 0.15) is 18.1 Å². The zero-order chi connectivity index (χ0) is 20.1. The number of hydrogen-bond acceptors (Lipinski definition) is 8. The van der Waals surface area contributed by atoms with Crippen LogP contribution in [-0.2, 0) is 17.5 Å². The van der Waals surface area contributed by atoms with Crippen LogP contribution in [0.15, 0.2) is 41.3 Å². The summed E-state index contributed by atoms with van der Waals surface area (Å²) < 4.78 is 51.6. The summed E-state index contributed by atoms with van der Waals surface area (Å²) in [6.45, 7) is -0.0371. The van der Waals surface area contributed by atoms with Crippen LogP contribution < -0.4 is 10.1 Å². The molecule has 0 aliphatic rings. The molecule has 0 saturated heterocycles. The lowest BCUT2D eigenvalue weighted by Gasteiger charge is -2.07. The molecule has 0 spiro atoms. The summed E-state index contributed by atoms with van der Waals surface area (Å²) in [5.41, 5.74) is 0.929. The van der Waals surface area contributed by atoms with E-state index in [1.807, 2.05) is 0 Å². The van der Waals surface area contributed by atoms with Crippen molar-refractivity contribution in [1.82, 2.24) is 20.1 Å². The highest BCUT2D eigenvalue weighted by atomic mass is 19.4. The average molecular weight is 395 g/mol. The van der Waals surface area contributed by atoms with Gasteiger partial charge >= 0.3 is 18.2 Å². The van der Waals surface area contributed by atoms with Crippen molar-refractivity contribution >= 4 is 11.8 Å². The lowest BCUT2D eigenvalue weighted by atomic mass is 10.3. The van der Waals surface area contributed by atoms with Crippen molar-refractivity contribution in [3.05, 3.63) is 48.2 Å². The SMILES string of the molecule is COc1cncc(COC(=O)Nc2ccc(-c3noc(C(F)(F)F)n3)nc2)c1.